The molecule has 13 heteroatoms. The molecule has 0 spiro atoms. The minimum atomic E-state index is -5.08. The molecule has 1 aliphatic carbocycles. The van der Waals surface area contributed by atoms with E-state index in [9.17, 15) is 26.4 Å². The molecule has 4 N–H and O–H groups in total. The van der Waals surface area contributed by atoms with Crippen LogP contribution < -0.4 is 20.3 Å². The van der Waals surface area contributed by atoms with Crippen LogP contribution in [0.3, 0.4) is 0 Å². The van der Waals surface area contributed by atoms with Crippen molar-refractivity contribution < 1.29 is 36.3 Å². The molecule has 1 heterocycles. The zero-order chi connectivity index (χ0) is 28.8. The average Bonchev–Trinajstić information content (AvgIpc) is 3.38. The van der Waals surface area contributed by atoms with E-state index in [0.29, 0.717) is 11.3 Å². The van der Waals surface area contributed by atoms with Crippen LogP contribution in [-0.4, -0.2) is 63.8 Å². The summed E-state index contributed by atoms with van der Waals surface area (Å²) >= 11 is 0. The molecule has 1 saturated carbocycles. The van der Waals surface area contributed by atoms with Gasteiger partial charge in [-0.25, -0.2) is 13.2 Å². The molecule has 214 valence electrons. The first-order chi connectivity index (χ1) is 18.3. The SMILES string of the molecule is Cc1ccc(S(=O)(=O)Nc2cc(C(=O)NC3CCCC3)ccc2N2CCNCC2)cc1C.O=C(O)C(F)(F)F. The van der Waals surface area contributed by atoms with Gasteiger partial charge in [0, 0.05) is 37.8 Å². The van der Waals surface area contributed by atoms with E-state index in [2.05, 4.69) is 20.3 Å². The van der Waals surface area contributed by atoms with E-state index in [1.54, 1.807) is 24.3 Å². The van der Waals surface area contributed by atoms with Gasteiger partial charge in [0.25, 0.3) is 15.9 Å². The number of rotatable bonds is 6. The molecule has 4 rings (SSSR count). The van der Waals surface area contributed by atoms with Gasteiger partial charge in [-0.2, -0.15) is 13.2 Å². The normalized spacial score (nSPS) is 16.3. The van der Waals surface area contributed by atoms with Crippen molar-refractivity contribution in [1.29, 1.82) is 0 Å². The van der Waals surface area contributed by atoms with Crippen LogP contribution in [0.25, 0.3) is 0 Å². The molecule has 0 radical (unpaired) electrons. The van der Waals surface area contributed by atoms with Gasteiger partial charge < -0.3 is 20.6 Å². The number of anilines is 2. The first-order valence-electron chi connectivity index (χ1n) is 12.6. The number of aryl methyl sites for hydroxylation is 2. The van der Waals surface area contributed by atoms with Crippen LogP contribution in [0.1, 0.15) is 47.2 Å². The van der Waals surface area contributed by atoms with Crippen molar-refractivity contribution in [3.05, 3.63) is 53.1 Å². The van der Waals surface area contributed by atoms with E-state index in [1.807, 2.05) is 26.0 Å². The Kier molecular flexibility index (Phi) is 9.83. The molecule has 1 saturated heterocycles. The average molecular weight is 571 g/mol. The molecular weight excluding hydrogens is 537 g/mol. The fourth-order valence-corrected chi connectivity index (χ4v) is 5.51. The third kappa shape index (κ3) is 8.33. The smallest absolute Gasteiger partial charge is 0.475 e. The number of carboxylic acids is 1. The van der Waals surface area contributed by atoms with Gasteiger partial charge in [-0.1, -0.05) is 18.9 Å². The molecule has 2 fully saturated rings. The third-order valence-corrected chi connectivity index (χ3v) is 8.05. The second kappa shape index (κ2) is 12.7. The first-order valence-corrected chi connectivity index (χ1v) is 14.1. The Labute approximate surface area is 225 Å². The number of nitrogens with zero attached hydrogens (tertiary/aromatic N) is 1. The maximum atomic E-state index is 13.2. The molecule has 0 atom stereocenters. The lowest BCUT2D eigenvalue weighted by molar-refractivity contribution is -0.192. The minimum absolute atomic E-state index is 0.157. The number of hydrogen-bond acceptors (Lipinski definition) is 6. The van der Waals surface area contributed by atoms with Gasteiger partial charge in [0.05, 0.1) is 16.3 Å². The lowest BCUT2D eigenvalue weighted by Gasteiger charge is -2.31. The van der Waals surface area contributed by atoms with E-state index in [1.165, 1.54) is 0 Å². The van der Waals surface area contributed by atoms with Crippen LogP contribution in [0.4, 0.5) is 24.5 Å². The lowest BCUT2D eigenvalue weighted by atomic mass is 10.1. The molecule has 9 nitrogen and oxygen atoms in total. The van der Waals surface area contributed by atoms with E-state index in [-0.39, 0.29) is 16.8 Å². The van der Waals surface area contributed by atoms with Gasteiger partial charge >= 0.3 is 12.1 Å². The van der Waals surface area contributed by atoms with Crippen molar-refractivity contribution in [2.75, 3.05) is 35.8 Å². The van der Waals surface area contributed by atoms with E-state index in [0.717, 1.165) is 68.7 Å². The lowest BCUT2D eigenvalue weighted by Crippen LogP contribution is -2.43. The number of sulfonamides is 1. The number of piperazine rings is 1. The molecule has 1 amide bonds. The summed E-state index contributed by atoms with van der Waals surface area (Å²) < 4.78 is 60.9. The Hall–Kier alpha value is -3.32. The number of carbonyl (C=O) groups excluding carboxylic acids is 1. The van der Waals surface area contributed by atoms with Crippen molar-refractivity contribution in [2.24, 2.45) is 0 Å². The molecule has 2 aromatic rings. The highest BCUT2D eigenvalue weighted by molar-refractivity contribution is 7.92. The number of halogens is 3. The number of aliphatic carboxylic acids is 1. The quantitative estimate of drug-likeness (QED) is 0.416. The Balaban J connectivity index is 0.000000532. The maximum absolute atomic E-state index is 13.2. The minimum Gasteiger partial charge on any atom is -0.475 e. The van der Waals surface area contributed by atoms with E-state index < -0.39 is 22.2 Å². The second-order valence-corrected chi connectivity index (χ2v) is 11.3. The number of carbonyl (C=O) groups is 2. The highest BCUT2D eigenvalue weighted by Crippen LogP contribution is 2.31. The van der Waals surface area contributed by atoms with Crippen LogP contribution in [0.2, 0.25) is 0 Å². The predicted molar refractivity (Wildman–Crippen MR) is 142 cm³/mol. The summed E-state index contributed by atoms with van der Waals surface area (Å²) in [5.74, 6) is -2.91. The predicted octanol–water partition coefficient (Wildman–Crippen LogP) is 3.82. The number of carboxylic acid groups (broad SMARTS) is 1. The fourth-order valence-electron chi connectivity index (χ4n) is 4.36. The summed E-state index contributed by atoms with van der Waals surface area (Å²) in [5.41, 5.74) is 3.64. The van der Waals surface area contributed by atoms with Crippen LogP contribution in [0, 0.1) is 13.8 Å². The van der Waals surface area contributed by atoms with Gasteiger partial charge in [-0.15, -0.1) is 0 Å². The number of alkyl halides is 3. The highest BCUT2D eigenvalue weighted by atomic mass is 32.2. The summed E-state index contributed by atoms with van der Waals surface area (Å²) in [6, 6.07) is 10.6. The number of benzene rings is 2. The van der Waals surface area contributed by atoms with Crippen molar-refractivity contribution >= 4 is 33.3 Å². The van der Waals surface area contributed by atoms with E-state index >= 15 is 0 Å². The van der Waals surface area contributed by atoms with Gasteiger partial charge in [-0.3, -0.25) is 9.52 Å². The van der Waals surface area contributed by atoms with Crippen molar-refractivity contribution in [3.63, 3.8) is 0 Å². The van der Waals surface area contributed by atoms with Crippen LogP contribution in [-0.2, 0) is 14.8 Å². The summed E-state index contributed by atoms with van der Waals surface area (Å²) in [7, 11) is -3.80. The van der Waals surface area contributed by atoms with Crippen LogP contribution >= 0.6 is 0 Å². The van der Waals surface area contributed by atoms with Crippen LogP contribution in [0.5, 0.6) is 0 Å². The largest absolute Gasteiger partial charge is 0.490 e. The fraction of sp³-hybridized carbons (Fsp3) is 0.462. The molecule has 0 aromatic heterocycles. The van der Waals surface area contributed by atoms with Gasteiger partial charge in [-0.05, 0) is 68.1 Å². The summed E-state index contributed by atoms with van der Waals surface area (Å²) in [6.07, 6.45) is -0.824. The topological polar surface area (TPSA) is 128 Å². The molecule has 2 aliphatic rings. The monoisotopic (exact) mass is 570 g/mol. The van der Waals surface area contributed by atoms with Gasteiger partial charge in [0.15, 0.2) is 0 Å². The molecule has 0 unspecified atom stereocenters. The molecule has 0 bridgehead atoms. The molecule has 39 heavy (non-hydrogen) atoms. The Morgan fingerprint density at radius 1 is 1.00 bits per heavy atom. The third-order valence-electron chi connectivity index (χ3n) is 6.68. The second-order valence-electron chi connectivity index (χ2n) is 9.58. The van der Waals surface area contributed by atoms with Crippen LogP contribution in [0.15, 0.2) is 41.3 Å². The number of nitrogens with one attached hydrogen (secondary N) is 3. The van der Waals surface area contributed by atoms with E-state index in [4.69, 9.17) is 9.90 Å². The highest BCUT2D eigenvalue weighted by Gasteiger charge is 2.38. The molecule has 2 aromatic carbocycles. The van der Waals surface area contributed by atoms with Crippen molar-refractivity contribution in [2.45, 2.75) is 56.6 Å². The summed E-state index contributed by atoms with van der Waals surface area (Å²) in [5, 5.41) is 13.5. The summed E-state index contributed by atoms with van der Waals surface area (Å²) in [6.45, 7) is 7.04. The Morgan fingerprint density at radius 2 is 1.62 bits per heavy atom. The Morgan fingerprint density at radius 3 is 2.18 bits per heavy atom. The zero-order valence-corrected chi connectivity index (χ0v) is 22.6. The standard InChI is InChI=1S/C24H32N4O3S.C2HF3O2/c1-17-7-9-21(15-18(17)2)32(30,31)27-22-16-19(24(29)26-20-5-3-4-6-20)8-10-23(22)28-13-11-25-12-14-28;3-2(4,5)1(6)7/h7-10,15-16,20,25,27H,3-6,11-14H2,1-2H3,(H,26,29);(H,6,7). The Bertz CT molecular complexity index is 1290. The van der Waals surface area contributed by atoms with Crippen molar-refractivity contribution in [1.82, 2.24) is 10.6 Å². The molecular formula is C26H33F3N4O5S. The zero-order valence-electron chi connectivity index (χ0n) is 21.8. The number of amides is 1. The van der Waals surface area contributed by atoms with Gasteiger partial charge in [0.2, 0.25) is 0 Å². The maximum Gasteiger partial charge on any atom is 0.490 e. The first kappa shape index (κ1) is 30.2. The molecule has 1 aliphatic heterocycles. The summed E-state index contributed by atoms with van der Waals surface area (Å²) in [4.78, 5) is 24.1. The van der Waals surface area contributed by atoms with Crippen molar-refractivity contribution in [3.8, 4) is 0 Å². The number of hydrogen-bond donors (Lipinski definition) is 4. The van der Waals surface area contributed by atoms with Gasteiger partial charge in [0.1, 0.15) is 0 Å².